The summed E-state index contributed by atoms with van der Waals surface area (Å²) >= 11 is 0. The highest BCUT2D eigenvalue weighted by molar-refractivity contribution is 6.09. The van der Waals surface area contributed by atoms with Crippen LogP contribution in [0.25, 0.3) is 11.1 Å². The van der Waals surface area contributed by atoms with Crippen LogP contribution in [0.5, 0.6) is 0 Å². The zero-order valence-electron chi connectivity index (χ0n) is 14.5. The van der Waals surface area contributed by atoms with Gasteiger partial charge in [0.2, 0.25) is 0 Å². The van der Waals surface area contributed by atoms with Gasteiger partial charge in [0.1, 0.15) is 0 Å². The van der Waals surface area contributed by atoms with E-state index in [1.54, 1.807) is 11.1 Å². The van der Waals surface area contributed by atoms with Crippen LogP contribution < -0.4 is 0 Å². The molecular formula is C22H24. The molecular weight excluding hydrogens is 264 g/mol. The van der Waals surface area contributed by atoms with Gasteiger partial charge in [0.25, 0.3) is 0 Å². The fourth-order valence-electron chi connectivity index (χ4n) is 4.62. The maximum atomic E-state index is 2.39. The minimum Gasteiger partial charge on any atom is -0.0587 e. The first-order valence-corrected chi connectivity index (χ1v) is 8.23. The van der Waals surface area contributed by atoms with Gasteiger partial charge in [-0.15, -0.1) is 0 Å². The summed E-state index contributed by atoms with van der Waals surface area (Å²) in [6, 6.07) is 14.0. The van der Waals surface area contributed by atoms with Crippen molar-refractivity contribution >= 4 is 11.1 Å². The smallest absolute Gasteiger partial charge is 0.0162 e. The third-order valence-corrected chi connectivity index (χ3v) is 5.74. The third kappa shape index (κ3) is 1.48. The van der Waals surface area contributed by atoms with E-state index in [-0.39, 0.29) is 10.8 Å². The highest BCUT2D eigenvalue weighted by Gasteiger charge is 2.49. The lowest BCUT2D eigenvalue weighted by molar-refractivity contribution is 0.693. The predicted octanol–water partition coefficient (Wildman–Crippen LogP) is 5.80. The van der Waals surface area contributed by atoms with E-state index in [9.17, 15) is 0 Å². The second-order valence-corrected chi connectivity index (χ2v) is 8.10. The van der Waals surface area contributed by atoms with Gasteiger partial charge < -0.3 is 0 Å². The van der Waals surface area contributed by atoms with Crippen LogP contribution in [0.1, 0.15) is 61.1 Å². The van der Waals surface area contributed by atoms with E-state index >= 15 is 0 Å². The molecule has 0 radical (unpaired) electrons. The van der Waals surface area contributed by atoms with E-state index in [1.807, 2.05) is 0 Å². The summed E-state index contributed by atoms with van der Waals surface area (Å²) in [6.07, 6.45) is 0. The molecule has 0 unspecified atom stereocenters. The van der Waals surface area contributed by atoms with Crippen molar-refractivity contribution in [2.45, 2.75) is 52.4 Å². The van der Waals surface area contributed by atoms with Gasteiger partial charge in [0.15, 0.2) is 0 Å². The molecule has 0 fully saturated rings. The Kier molecular flexibility index (Phi) is 2.47. The maximum Gasteiger partial charge on any atom is 0.0162 e. The Morgan fingerprint density at radius 3 is 1.32 bits per heavy atom. The highest BCUT2D eigenvalue weighted by atomic mass is 14.5. The molecule has 0 N–H and O–H groups in total. The van der Waals surface area contributed by atoms with Crippen LogP contribution in [0.3, 0.4) is 0 Å². The van der Waals surface area contributed by atoms with Gasteiger partial charge in [0, 0.05) is 10.8 Å². The molecule has 22 heavy (non-hydrogen) atoms. The number of aryl methyl sites for hydroxylation is 2. The Morgan fingerprint density at radius 2 is 0.955 bits per heavy atom. The fourth-order valence-corrected chi connectivity index (χ4v) is 4.62. The molecule has 2 aliphatic rings. The first kappa shape index (κ1) is 13.8. The topological polar surface area (TPSA) is 0 Å². The predicted molar refractivity (Wildman–Crippen MR) is 95.2 cm³/mol. The molecule has 0 atom stereocenters. The van der Waals surface area contributed by atoms with Crippen molar-refractivity contribution in [2.75, 3.05) is 0 Å². The van der Waals surface area contributed by atoms with Crippen LogP contribution >= 0.6 is 0 Å². The maximum absolute atomic E-state index is 2.39. The molecule has 2 aliphatic carbocycles. The summed E-state index contributed by atoms with van der Waals surface area (Å²) in [5, 5.41) is 0. The summed E-state index contributed by atoms with van der Waals surface area (Å²) in [5.41, 5.74) is 11.9. The minimum absolute atomic E-state index is 0.0917. The Hall–Kier alpha value is -1.82. The van der Waals surface area contributed by atoms with E-state index in [1.165, 1.54) is 33.4 Å². The Bertz CT molecular complexity index is 773. The average Bonchev–Trinajstić information content (AvgIpc) is 2.81. The third-order valence-electron chi connectivity index (χ3n) is 5.74. The van der Waals surface area contributed by atoms with E-state index in [0.29, 0.717) is 0 Å². The molecule has 0 amide bonds. The molecule has 0 bridgehead atoms. The Morgan fingerprint density at radius 1 is 0.591 bits per heavy atom. The molecule has 112 valence electrons. The molecule has 0 heteroatoms. The van der Waals surface area contributed by atoms with E-state index in [2.05, 4.69) is 77.9 Å². The van der Waals surface area contributed by atoms with Crippen LogP contribution in [0, 0.1) is 13.8 Å². The second-order valence-electron chi connectivity index (χ2n) is 8.10. The van der Waals surface area contributed by atoms with Crippen molar-refractivity contribution in [2.24, 2.45) is 0 Å². The molecule has 0 saturated heterocycles. The fraction of sp³-hybridized carbons (Fsp3) is 0.364. The summed E-state index contributed by atoms with van der Waals surface area (Å²) < 4.78 is 0. The van der Waals surface area contributed by atoms with Crippen molar-refractivity contribution in [3.8, 4) is 0 Å². The zero-order valence-corrected chi connectivity index (χ0v) is 14.5. The molecule has 0 aromatic heterocycles. The van der Waals surface area contributed by atoms with Gasteiger partial charge in [-0.1, -0.05) is 75.2 Å². The van der Waals surface area contributed by atoms with Gasteiger partial charge in [-0.25, -0.2) is 0 Å². The number of hydrogen-bond acceptors (Lipinski definition) is 0. The van der Waals surface area contributed by atoms with Crippen LogP contribution in [-0.4, -0.2) is 0 Å². The molecule has 0 spiro atoms. The lowest BCUT2D eigenvalue weighted by Crippen LogP contribution is -2.19. The van der Waals surface area contributed by atoms with Gasteiger partial charge in [0.05, 0.1) is 0 Å². The van der Waals surface area contributed by atoms with Crippen molar-refractivity contribution in [3.05, 3.63) is 69.8 Å². The van der Waals surface area contributed by atoms with Crippen molar-refractivity contribution in [3.63, 3.8) is 0 Å². The number of rotatable bonds is 0. The normalized spacial score (nSPS) is 19.9. The Balaban J connectivity index is 2.09. The first-order valence-electron chi connectivity index (χ1n) is 8.23. The lowest BCUT2D eigenvalue weighted by Gasteiger charge is -2.28. The molecule has 0 saturated carbocycles. The second kappa shape index (κ2) is 3.93. The number of allylic oxidation sites excluding steroid dienone is 2. The lowest BCUT2D eigenvalue weighted by atomic mass is 9.75. The van der Waals surface area contributed by atoms with E-state index in [0.717, 1.165) is 0 Å². The van der Waals surface area contributed by atoms with E-state index in [4.69, 9.17) is 0 Å². The summed E-state index contributed by atoms with van der Waals surface area (Å²) in [6.45, 7) is 13.9. The quantitative estimate of drug-likeness (QED) is 0.575. The van der Waals surface area contributed by atoms with Crippen molar-refractivity contribution in [1.82, 2.24) is 0 Å². The van der Waals surface area contributed by atoms with Gasteiger partial charge in [-0.3, -0.25) is 0 Å². The first-order chi connectivity index (χ1) is 10.2. The molecule has 2 aromatic carbocycles. The average molecular weight is 288 g/mol. The largest absolute Gasteiger partial charge is 0.0587 e. The highest BCUT2D eigenvalue weighted by Crippen LogP contribution is 2.62. The minimum atomic E-state index is 0.0917. The van der Waals surface area contributed by atoms with Crippen molar-refractivity contribution < 1.29 is 0 Å². The molecule has 2 aromatic rings. The SMILES string of the molecule is Cc1ccc2c(c1)C(C)(C)C1=C2C(C)(C)c2cc(C)ccc21. The molecule has 0 aliphatic heterocycles. The number of hydrogen-bond donors (Lipinski definition) is 0. The number of benzene rings is 2. The standard InChI is InChI=1S/C22H24/c1-13-7-9-15-17(11-13)21(3,4)20-16-10-8-14(2)12-18(16)22(5,6)19(15)20/h7-12H,1-6H3. The van der Waals surface area contributed by atoms with Gasteiger partial charge >= 0.3 is 0 Å². The number of fused-ring (bicyclic) bond motifs is 4. The Labute approximate surface area is 133 Å². The molecule has 4 rings (SSSR count). The van der Waals surface area contributed by atoms with Crippen LogP contribution in [0.4, 0.5) is 0 Å². The van der Waals surface area contributed by atoms with Gasteiger partial charge in [-0.2, -0.15) is 0 Å². The van der Waals surface area contributed by atoms with Crippen LogP contribution in [0.2, 0.25) is 0 Å². The van der Waals surface area contributed by atoms with Crippen LogP contribution in [-0.2, 0) is 10.8 Å². The van der Waals surface area contributed by atoms with Crippen LogP contribution in [0.15, 0.2) is 36.4 Å². The monoisotopic (exact) mass is 288 g/mol. The molecule has 0 nitrogen and oxygen atoms in total. The summed E-state index contributed by atoms with van der Waals surface area (Å²) in [5.74, 6) is 0. The van der Waals surface area contributed by atoms with Gasteiger partial charge in [-0.05, 0) is 47.2 Å². The summed E-state index contributed by atoms with van der Waals surface area (Å²) in [4.78, 5) is 0. The van der Waals surface area contributed by atoms with E-state index < -0.39 is 0 Å². The molecule has 0 heterocycles. The van der Waals surface area contributed by atoms with Crippen molar-refractivity contribution in [1.29, 1.82) is 0 Å². The zero-order chi connectivity index (χ0) is 15.9. The summed E-state index contributed by atoms with van der Waals surface area (Å²) in [7, 11) is 0.